The van der Waals surface area contributed by atoms with Gasteiger partial charge in [-0.3, -0.25) is 4.79 Å². The van der Waals surface area contributed by atoms with Crippen molar-refractivity contribution in [3.63, 3.8) is 0 Å². The lowest BCUT2D eigenvalue weighted by Crippen LogP contribution is -2.49. The topological polar surface area (TPSA) is 84.6 Å². The molecule has 2 rings (SSSR count). The first kappa shape index (κ1) is 12.8. The molecule has 1 saturated carbocycles. The van der Waals surface area contributed by atoms with Gasteiger partial charge in [0, 0.05) is 38.6 Å². The predicted octanol–water partition coefficient (Wildman–Crippen LogP) is -0.228. The SMILES string of the molecule is NC1CCCC1C(=O)NCC1(O)CCOCC1. The van der Waals surface area contributed by atoms with Crippen LogP contribution in [0.1, 0.15) is 32.1 Å². The number of carbonyl (C=O) groups is 1. The Morgan fingerprint density at radius 1 is 1.41 bits per heavy atom. The van der Waals surface area contributed by atoms with Crippen molar-refractivity contribution in [1.29, 1.82) is 0 Å². The Balaban J connectivity index is 1.79. The van der Waals surface area contributed by atoms with E-state index in [9.17, 15) is 9.90 Å². The van der Waals surface area contributed by atoms with Crippen LogP contribution in [0.3, 0.4) is 0 Å². The number of amides is 1. The van der Waals surface area contributed by atoms with Gasteiger partial charge in [-0.25, -0.2) is 0 Å². The zero-order valence-corrected chi connectivity index (χ0v) is 10.2. The highest BCUT2D eigenvalue weighted by Crippen LogP contribution is 2.25. The molecule has 1 aliphatic heterocycles. The van der Waals surface area contributed by atoms with E-state index >= 15 is 0 Å². The third-order valence-corrected chi connectivity index (χ3v) is 3.92. The molecule has 4 N–H and O–H groups in total. The molecule has 5 nitrogen and oxygen atoms in total. The predicted molar refractivity (Wildman–Crippen MR) is 63.3 cm³/mol. The van der Waals surface area contributed by atoms with Crippen LogP contribution in [-0.4, -0.2) is 42.4 Å². The fourth-order valence-corrected chi connectivity index (χ4v) is 2.63. The highest BCUT2D eigenvalue weighted by Gasteiger charge is 2.34. The fraction of sp³-hybridized carbons (Fsp3) is 0.917. The van der Waals surface area contributed by atoms with Gasteiger partial charge in [0.05, 0.1) is 11.5 Å². The van der Waals surface area contributed by atoms with Crippen molar-refractivity contribution in [2.24, 2.45) is 11.7 Å². The summed E-state index contributed by atoms with van der Waals surface area (Å²) in [5, 5.41) is 13.0. The Bertz CT molecular complexity index is 277. The smallest absolute Gasteiger partial charge is 0.224 e. The Hall–Kier alpha value is -0.650. The standard InChI is InChI=1S/C12H22N2O3/c13-10-3-1-2-9(10)11(15)14-8-12(16)4-6-17-7-5-12/h9-10,16H,1-8,13H2,(H,14,15). The molecule has 0 aromatic heterocycles. The van der Waals surface area contributed by atoms with Gasteiger partial charge in [0.2, 0.25) is 5.91 Å². The number of carbonyl (C=O) groups excluding carboxylic acids is 1. The number of nitrogens with one attached hydrogen (secondary N) is 1. The number of nitrogens with two attached hydrogens (primary N) is 1. The van der Waals surface area contributed by atoms with Crippen LogP contribution in [-0.2, 0) is 9.53 Å². The maximum absolute atomic E-state index is 11.9. The van der Waals surface area contributed by atoms with Gasteiger partial charge in [-0.05, 0) is 12.8 Å². The van der Waals surface area contributed by atoms with E-state index in [1.165, 1.54) is 0 Å². The summed E-state index contributed by atoms with van der Waals surface area (Å²) in [6, 6.07) is -0.0145. The lowest BCUT2D eigenvalue weighted by atomic mass is 9.94. The minimum absolute atomic E-state index is 0.00471. The van der Waals surface area contributed by atoms with Gasteiger partial charge in [-0.2, -0.15) is 0 Å². The summed E-state index contributed by atoms with van der Waals surface area (Å²) in [6.45, 7) is 1.45. The van der Waals surface area contributed by atoms with Gasteiger partial charge in [0.1, 0.15) is 0 Å². The molecule has 1 amide bonds. The van der Waals surface area contributed by atoms with Gasteiger partial charge in [0.15, 0.2) is 0 Å². The van der Waals surface area contributed by atoms with Crippen LogP contribution < -0.4 is 11.1 Å². The normalized spacial score (nSPS) is 32.4. The van der Waals surface area contributed by atoms with Crippen LogP contribution >= 0.6 is 0 Å². The van der Waals surface area contributed by atoms with Gasteiger partial charge >= 0.3 is 0 Å². The Morgan fingerprint density at radius 2 is 2.12 bits per heavy atom. The lowest BCUT2D eigenvalue weighted by Gasteiger charge is -2.32. The minimum Gasteiger partial charge on any atom is -0.388 e. The van der Waals surface area contributed by atoms with Crippen molar-refractivity contribution in [3.05, 3.63) is 0 Å². The van der Waals surface area contributed by atoms with Crippen LogP contribution in [0.4, 0.5) is 0 Å². The first-order chi connectivity index (χ1) is 8.11. The van der Waals surface area contributed by atoms with E-state index < -0.39 is 5.60 Å². The number of hydrogen-bond donors (Lipinski definition) is 3. The van der Waals surface area contributed by atoms with Crippen molar-refractivity contribution in [3.8, 4) is 0 Å². The van der Waals surface area contributed by atoms with E-state index in [2.05, 4.69) is 5.32 Å². The molecule has 2 atom stereocenters. The average molecular weight is 242 g/mol. The molecule has 2 aliphatic rings. The lowest BCUT2D eigenvalue weighted by molar-refractivity contribution is -0.127. The third kappa shape index (κ3) is 3.18. The van der Waals surface area contributed by atoms with Crippen molar-refractivity contribution < 1.29 is 14.6 Å². The summed E-state index contributed by atoms with van der Waals surface area (Å²) in [5.74, 6) is -0.0756. The molecule has 1 saturated heterocycles. The summed E-state index contributed by atoms with van der Waals surface area (Å²) in [7, 11) is 0. The monoisotopic (exact) mass is 242 g/mol. The average Bonchev–Trinajstić information content (AvgIpc) is 2.74. The molecule has 5 heteroatoms. The Kier molecular flexibility index (Phi) is 4.01. The van der Waals surface area contributed by atoms with Gasteiger partial charge < -0.3 is 20.9 Å². The van der Waals surface area contributed by atoms with E-state index in [0.717, 1.165) is 19.3 Å². The Morgan fingerprint density at radius 3 is 2.71 bits per heavy atom. The largest absolute Gasteiger partial charge is 0.388 e. The molecule has 1 heterocycles. The molecule has 0 aromatic carbocycles. The quantitative estimate of drug-likeness (QED) is 0.638. The molecule has 0 aromatic rings. The van der Waals surface area contributed by atoms with Crippen molar-refractivity contribution in [2.75, 3.05) is 19.8 Å². The first-order valence-electron chi connectivity index (χ1n) is 6.44. The molecule has 17 heavy (non-hydrogen) atoms. The number of aliphatic hydroxyl groups is 1. The molecule has 1 aliphatic carbocycles. The first-order valence-corrected chi connectivity index (χ1v) is 6.44. The van der Waals surface area contributed by atoms with E-state index in [1.54, 1.807) is 0 Å². The zero-order valence-electron chi connectivity index (χ0n) is 10.2. The minimum atomic E-state index is -0.795. The second-order valence-corrected chi connectivity index (χ2v) is 5.26. The number of hydrogen-bond acceptors (Lipinski definition) is 4. The van der Waals surface area contributed by atoms with E-state index in [0.29, 0.717) is 32.6 Å². The summed E-state index contributed by atoms with van der Waals surface area (Å²) >= 11 is 0. The second kappa shape index (κ2) is 5.33. The Labute approximate surface area is 102 Å². The number of rotatable bonds is 3. The van der Waals surface area contributed by atoms with Crippen LogP contribution in [0.15, 0.2) is 0 Å². The third-order valence-electron chi connectivity index (χ3n) is 3.92. The maximum Gasteiger partial charge on any atom is 0.224 e. The van der Waals surface area contributed by atoms with E-state index in [-0.39, 0.29) is 17.9 Å². The molecule has 2 fully saturated rings. The van der Waals surface area contributed by atoms with Crippen LogP contribution in [0.2, 0.25) is 0 Å². The van der Waals surface area contributed by atoms with E-state index in [4.69, 9.17) is 10.5 Å². The highest BCUT2D eigenvalue weighted by atomic mass is 16.5. The second-order valence-electron chi connectivity index (χ2n) is 5.26. The molecule has 2 unspecified atom stereocenters. The van der Waals surface area contributed by atoms with Crippen LogP contribution in [0.25, 0.3) is 0 Å². The van der Waals surface area contributed by atoms with Crippen LogP contribution in [0, 0.1) is 5.92 Å². The van der Waals surface area contributed by atoms with Crippen molar-refractivity contribution in [2.45, 2.75) is 43.7 Å². The molecule has 98 valence electrons. The van der Waals surface area contributed by atoms with Gasteiger partial charge in [-0.15, -0.1) is 0 Å². The van der Waals surface area contributed by atoms with Crippen LogP contribution in [0.5, 0.6) is 0 Å². The van der Waals surface area contributed by atoms with Gasteiger partial charge in [0.25, 0.3) is 0 Å². The molecule has 0 bridgehead atoms. The summed E-state index contributed by atoms with van der Waals surface area (Å²) in [5.41, 5.74) is 5.08. The molecule has 0 radical (unpaired) electrons. The highest BCUT2D eigenvalue weighted by molar-refractivity contribution is 5.79. The summed E-state index contributed by atoms with van der Waals surface area (Å²) in [6.07, 6.45) is 4.00. The maximum atomic E-state index is 11.9. The zero-order chi connectivity index (χ0) is 12.3. The van der Waals surface area contributed by atoms with Gasteiger partial charge in [-0.1, -0.05) is 6.42 Å². The summed E-state index contributed by atoms with van der Waals surface area (Å²) < 4.78 is 5.20. The van der Waals surface area contributed by atoms with Crippen molar-refractivity contribution in [1.82, 2.24) is 5.32 Å². The fourth-order valence-electron chi connectivity index (χ4n) is 2.63. The van der Waals surface area contributed by atoms with Crippen molar-refractivity contribution >= 4 is 5.91 Å². The number of ether oxygens (including phenoxy) is 1. The molecular weight excluding hydrogens is 220 g/mol. The molecule has 0 spiro atoms. The van der Waals surface area contributed by atoms with E-state index in [1.807, 2.05) is 0 Å². The molecular formula is C12H22N2O3. The summed E-state index contributed by atoms with van der Waals surface area (Å²) in [4.78, 5) is 11.9.